The molecule has 0 aliphatic rings. The van der Waals surface area contributed by atoms with Crippen LogP contribution in [0, 0.1) is 0 Å². The average molecular weight is 364 g/mol. The summed E-state index contributed by atoms with van der Waals surface area (Å²) in [6, 6.07) is 0.939. The molecule has 0 aliphatic heterocycles. The molecule has 5 nitrogen and oxygen atoms in total. The summed E-state index contributed by atoms with van der Waals surface area (Å²) in [6.07, 6.45) is -2.80. The lowest BCUT2D eigenvalue weighted by atomic mass is 10.5. The van der Waals surface area contributed by atoms with Crippen molar-refractivity contribution in [2.24, 2.45) is 0 Å². The van der Waals surface area contributed by atoms with Crippen molar-refractivity contribution < 1.29 is 27.1 Å². The Labute approximate surface area is 114 Å². The van der Waals surface area contributed by atoms with Gasteiger partial charge < -0.3 is 5.11 Å². The van der Waals surface area contributed by atoms with E-state index in [9.17, 15) is 22.0 Å². The van der Waals surface area contributed by atoms with Gasteiger partial charge in [0.05, 0.1) is 10.3 Å². The number of carboxylic acid groups (broad SMARTS) is 1. The number of halogens is 3. The first-order chi connectivity index (χ1) is 8.16. The van der Waals surface area contributed by atoms with Crippen LogP contribution in [-0.2, 0) is 10.0 Å². The minimum Gasteiger partial charge on any atom is -0.477 e. The van der Waals surface area contributed by atoms with Crippen molar-refractivity contribution in [1.82, 2.24) is 4.31 Å². The molecular formula is C8H8BrF2NO4S2. The molecule has 10 heteroatoms. The van der Waals surface area contributed by atoms with E-state index in [1.54, 1.807) is 0 Å². The second-order valence-electron chi connectivity index (χ2n) is 3.23. The molecule has 0 fully saturated rings. The normalized spacial score (nSPS) is 12.3. The number of aromatic carboxylic acids is 1. The van der Waals surface area contributed by atoms with Crippen LogP contribution in [0.1, 0.15) is 9.67 Å². The van der Waals surface area contributed by atoms with Crippen molar-refractivity contribution >= 4 is 43.3 Å². The van der Waals surface area contributed by atoms with Crippen LogP contribution in [0.15, 0.2) is 14.7 Å². The zero-order valence-electron chi connectivity index (χ0n) is 8.93. The van der Waals surface area contributed by atoms with Gasteiger partial charge in [-0.15, -0.1) is 11.3 Å². The molecule has 0 bridgehead atoms. The average Bonchev–Trinajstić information content (AvgIpc) is 2.59. The predicted molar refractivity (Wildman–Crippen MR) is 64.8 cm³/mol. The van der Waals surface area contributed by atoms with Gasteiger partial charge in [0, 0.05) is 7.05 Å². The third-order valence-electron chi connectivity index (χ3n) is 1.95. The maximum atomic E-state index is 12.2. The molecule has 1 heterocycles. The highest BCUT2D eigenvalue weighted by atomic mass is 79.9. The van der Waals surface area contributed by atoms with Crippen molar-refractivity contribution in [3.05, 3.63) is 14.7 Å². The van der Waals surface area contributed by atoms with Crippen molar-refractivity contribution in [3.63, 3.8) is 0 Å². The molecule has 18 heavy (non-hydrogen) atoms. The van der Waals surface area contributed by atoms with E-state index in [4.69, 9.17) is 5.11 Å². The summed E-state index contributed by atoms with van der Waals surface area (Å²) in [6.45, 7) is -0.951. The zero-order chi connectivity index (χ0) is 14.1. The minimum absolute atomic E-state index is 0.0704. The van der Waals surface area contributed by atoms with Crippen LogP contribution in [0.2, 0.25) is 0 Å². The quantitative estimate of drug-likeness (QED) is 0.868. The molecule has 0 unspecified atom stereocenters. The Kier molecular flexibility index (Phi) is 4.81. The van der Waals surface area contributed by atoms with Gasteiger partial charge in [0.1, 0.15) is 9.77 Å². The fraction of sp³-hybridized carbons (Fsp3) is 0.375. The topological polar surface area (TPSA) is 74.7 Å². The van der Waals surface area contributed by atoms with Crippen molar-refractivity contribution in [1.29, 1.82) is 0 Å². The van der Waals surface area contributed by atoms with Crippen LogP contribution >= 0.6 is 27.3 Å². The Morgan fingerprint density at radius 1 is 1.61 bits per heavy atom. The summed E-state index contributed by atoms with van der Waals surface area (Å²) in [5.74, 6) is -1.28. The van der Waals surface area contributed by atoms with Gasteiger partial charge in [-0.1, -0.05) is 0 Å². The van der Waals surface area contributed by atoms with E-state index in [1.807, 2.05) is 0 Å². The van der Waals surface area contributed by atoms with Crippen LogP contribution in [0.5, 0.6) is 0 Å². The lowest BCUT2D eigenvalue weighted by Crippen LogP contribution is -2.31. The van der Waals surface area contributed by atoms with Gasteiger partial charge in [-0.2, -0.15) is 4.31 Å². The van der Waals surface area contributed by atoms with Crippen molar-refractivity contribution in [3.8, 4) is 0 Å². The molecule has 0 saturated carbocycles. The number of alkyl halides is 2. The molecule has 0 radical (unpaired) electrons. The third kappa shape index (κ3) is 3.25. The molecule has 0 atom stereocenters. The third-order valence-corrected chi connectivity index (χ3v) is 6.01. The number of hydrogen-bond acceptors (Lipinski definition) is 4. The molecule has 1 aromatic rings. The number of hydrogen-bond donors (Lipinski definition) is 1. The second kappa shape index (κ2) is 5.59. The second-order valence-corrected chi connectivity index (χ2v) is 7.61. The number of carbonyl (C=O) groups is 1. The highest BCUT2D eigenvalue weighted by molar-refractivity contribution is 9.11. The van der Waals surface area contributed by atoms with E-state index in [0.717, 1.165) is 13.1 Å². The Bertz CT molecular complexity index is 557. The summed E-state index contributed by atoms with van der Waals surface area (Å²) >= 11 is 3.63. The molecule has 0 aromatic carbocycles. The van der Waals surface area contributed by atoms with Crippen LogP contribution in [0.25, 0.3) is 0 Å². The standard InChI is InChI=1S/C8H8BrF2NO4S2/c1-12(3-6(10)11)18(15,16)5-2-4(8(13)14)17-7(5)9/h2,6H,3H2,1H3,(H,13,14). The summed E-state index contributed by atoms with van der Waals surface area (Å²) in [7, 11) is -3.12. The van der Waals surface area contributed by atoms with Gasteiger partial charge in [0.25, 0.3) is 6.43 Å². The SMILES string of the molecule is CN(CC(F)F)S(=O)(=O)c1cc(C(=O)O)sc1Br. The Balaban J connectivity index is 3.16. The largest absolute Gasteiger partial charge is 0.477 e. The maximum Gasteiger partial charge on any atom is 0.345 e. The van der Waals surface area contributed by atoms with E-state index in [-0.39, 0.29) is 13.6 Å². The number of thiophene rings is 1. The van der Waals surface area contributed by atoms with Crippen LogP contribution in [-0.4, -0.2) is 43.8 Å². The van der Waals surface area contributed by atoms with E-state index in [1.165, 1.54) is 0 Å². The molecule has 0 saturated heterocycles. The Morgan fingerprint density at radius 2 is 2.17 bits per heavy atom. The lowest BCUT2D eigenvalue weighted by molar-refractivity contribution is 0.0702. The molecular weight excluding hydrogens is 356 g/mol. The Hall–Kier alpha value is -0.580. The molecule has 1 N–H and O–H groups in total. The van der Waals surface area contributed by atoms with Gasteiger partial charge in [0.2, 0.25) is 10.0 Å². The monoisotopic (exact) mass is 363 g/mol. The molecule has 0 amide bonds. The Morgan fingerprint density at radius 3 is 2.56 bits per heavy atom. The van der Waals surface area contributed by atoms with Gasteiger partial charge in [-0.05, 0) is 22.0 Å². The first kappa shape index (κ1) is 15.5. The van der Waals surface area contributed by atoms with Gasteiger partial charge in [-0.25, -0.2) is 22.0 Å². The van der Waals surface area contributed by atoms with Gasteiger partial charge in [-0.3, -0.25) is 0 Å². The van der Waals surface area contributed by atoms with Gasteiger partial charge in [0.15, 0.2) is 0 Å². The van der Waals surface area contributed by atoms with E-state index in [0.29, 0.717) is 15.6 Å². The van der Waals surface area contributed by atoms with E-state index >= 15 is 0 Å². The molecule has 0 spiro atoms. The summed E-state index contributed by atoms with van der Waals surface area (Å²) in [4.78, 5) is 10.2. The zero-order valence-corrected chi connectivity index (χ0v) is 12.2. The summed E-state index contributed by atoms with van der Waals surface area (Å²) in [5.41, 5.74) is 0. The molecule has 1 aromatic heterocycles. The van der Waals surface area contributed by atoms with E-state index in [2.05, 4.69) is 15.9 Å². The highest BCUT2D eigenvalue weighted by Crippen LogP contribution is 2.33. The lowest BCUT2D eigenvalue weighted by Gasteiger charge is -2.15. The fourth-order valence-electron chi connectivity index (χ4n) is 1.09. The van der Waals surface area contributed by atoms with Crippen LogP contribution in [0.3, 0.4) is 0 Å². The van der Waals surface area contributed by atoms with Crippen LogP contribution < -0.4 is 0 Å². The van der Waals surface area contributed by atoms with Crippen LogP contribution in [0.4, 0.5) is 8.78 Å². The first-order valence-corrected chi connectivity index (χ1v) is 7.48. The number of nitrogens with zero attached hydrogens (tertiary/aromatic N) is 1. The van der Waals surface area contributed by atoms with Crippen molar-refractivity contribution in [2.75, 3.05) is 13.6 Å². The molecule has 102 valence electrons. The smallest absolute Gasteiger partial charge is 0.345 e. The molecule has 1 rings (SSSR count). The number of sulfonamides is 1. The summed E-state index contributed by atoms with van der Waals surface area (Å²) in [5, 5.41) is 8.73. The van der Waals surface area contributed by atoms with Gasteiger partial charge >= 0.3 is 5.97 Å². The fourth-order valence-corrected chi connectivity index (χ4v) is 4.59. The highest BCUT2D eigenvalue weighted by Gasteiger charge is 2.28. The first-order valence-electron chi connectivity index (χ1n) is 4.43. The summed E-state index contributed by atoms with van der Waals surface area (Å²) < 4.78 is 48.7. The predicted octanol–water partition coefficient (Wildman–Crippen LogP) is 2.09. The number of carboxylic acids is 1. The minimum atomic E-state index is -4.12. The van der Waals surface area contributed by atoms with Crippen molar-refractivity contribution in [2.45, 2.75) is 11.3 Å². The number of rotatable bonds is 5. The van der Waals surface area contributed by atoms with E-state index < -0.39 is 29.0 Å². The molecule has 0 aliphatic carbocycles. The maximum absolute atomic E-state index is 12.2.